The Morgan fingerprint density at radius 1 is 0.375 bits per heavy atom. The molecule has 0 amide bonds. The molecule has 3 aliphatic heterocycles. The third kappa shape index (κ3) is 8.22. The number of nitrogens with zero attached hydrogens (tertiary/aromatic N) is 4. The smallest absolute Gasteiger partial charge is 0.252 e. The number of benzene rings is 12. The first kappa shape index (κ1) is 47.0. The van der Waals surface area contributed by atoms with E-state index in [4.69, 9.17) is 0 Å². The minimum atomic E-state index is -0.109. The summed E-state index contributed by atoms with van der Waals surface area (Å²) in [6.45, 7) is 0.568. The molecule has 3 heterocycles. The van der Waals surface area contributed by atoms with Gasteiger partial charge in [-0.25, -0.2) is 0 Å². The van der Waals surface area contributed by atoms with Gasteiger partial charge in [-0.3, -0.25) is 0 Å². The van der Waals surface area contributed by atoms with E-state index in [-0.39, 0.29) is 6.71 Å². The first-order chi connectivity index (χ1) is 39.7. The number of fused-ring (bicyclic) bond motifs is 7. The summed E-state index contributed by atoms with van der Waals surface area (Å²) in [5.74, 6) is 0. The molecule has 1 N–H and O–H groups in total. The standard InChI is InChI=1S/C73H52B2N5/c1-8-24-51(25-9-1)50-77-68-46-53(52-26-10-2-11-27-52)40-44-64(68)75-65-45-42-60(79(57-34-18-6-19-35-57)58-36-20-7-21-37-58)48-69(65)80-67-47-59(78(55-30-14-4-15-31-55)56-32-16-5-17-33-56)41-43-63(67)74-71-62(49-70(77)72(75)73(71)80)61-38-22-23-39-66(61)76-54-28-12-3-13-29-54/h1-49,76H,50H2. The van der Waals surface area contributed by atoms with Crippen molar-refractivity contribution < 1.29 is 0 Å². The largest absolute Gasteiger partial charge is 0.355 e. The molecule has 0 saturated heterocycles. The summed E-state index contributed by atoms with van der Waals surface area (Å²) in [5.41, 5.74) is 26.5. The van der Waals surface area contributed by atoms with Crippen molar-refractivity contribution in [2.75, 3.05) is 24.9 Å². The zero-order valence-corrected chi connectivity index (χ0v) is 43.9. The Hall–Kier alpha value is -10.2. The third-order valence-corrected chi connectivity index (χ3v) is 16.0. The Morgan fingerprint density at radius 2 is 0.875 bits per heavy atom. The highest BCUT2D eigenvalue weighted by molar-refractivity contribution is 7.01. The minimum Gasteiger partial charge on any atom is -0.355 e. The van der Waals surface area contributed by atoms with Crippen molar-refractivity contribution in [3.63, 3.8) is 0 Å². The number of hydrogen-bond donors (Lipinski definition) is 1. The van der Waals surface area contributed by atoms with Gasteiger partial charge in [0.25, 0.3) is 6.71 Å². The molecule has 0 fully saturated rings. The maximum Gasteiger partial charge on any atom is 0.252 e. The normalized spacial score (nSPS) is 12.3. The van der Waals surface area contributed by atoms with Gasteiger partial charge >= 0.3 is 0 Å². The summed E-state index contributed by atoms with van der Waals surface area (Å²) in [7, 11) is 2.47. The van der Waals surface area contributed by atoms with Gasteiger partial charge in [0.05, 0.1) is 0 Å². The van der Waals surface area contributed by atoms with Gasteiger partial charge < -0.3 is 24.9 Å². The minimum absolute atomic E-state index is 0.109. The summed E-state index contributed by atoms with van der Waals surface area (Å²) in [4.78, 5) is 10.0. The molecule has 0 bridgehead atoms. The molecule has 80 heavy (non-hydrogen) atoms. The highest BCUT2D eigenvalue weighted by atomic mass is 15.2. The van der Waals surface area contributed by atoms with Gasteiger partial charge in [0.15, 0.2) is 7.28 Å². The molecular weight excluding hydrogens is 968 g/mol. The van der Waals surface area contributed by atoms with Crippen LogP contribution in [0.1, 0.15) is 5.56 Å². The Labute approximate surface area is 469 Å². The molecule has 0 unspecified atom stereocenters. The molecule has 3 aliphatic rings. The topological polar surface area (TPSA) is 25.0 Å². The van der Waals surface area contributed by atoms with Gasteiger partial charge in [-0.1, -0.05) is 205 Å². The highest BCUT2D eigenvalue weighted by Gasteiger charge is 2.47. The van der Waals surface area contributed by atoms with Crippen LogP contribution in [0.2, 0.25) is 0 Å². The molecule has 0 aliphatic carbocycles. The summed E-state index contributed by atoms with van der Waals surface area (Å²) in [5, 5.41) is 3.87. The predicted octanol–water partition coefficient (Wildman–Crippen LogP) is 15.6. The summed E-state index contributed by atoms with van der Waals surface area (Å²) in [6.07, 6.45) is 0. The Bertz CT molecular complexity index is 4150. The molecule has 1 radical (unpaired) electrons. The van der Waals surface area contributed by atoms with E-state index in [0.29, 0.717) is 6.54 Å². The fourth-order valence-electron chi connectivity index (χ4n) is 12.5. The van der Waals surface area contributed by atoms with E-state index in [1.54, 1.807) is 0 Å². The van der Waals surface area contributed by atoms with E-state index in [0.717, 1.165) is 73.5 Å². The number of hydrogen-bond acceptors (Lipinski definition) is 5. The van der Waals surface area contributed by atoms with Crippen molar-refractivity contribution in [2.45, 2.75) is 6.54 Å². The average molecular weight is 1020 g/mol. The van der Waals surface area contributed by atoms with Crippen LogP contribution in [0.4, 0.5) is 73.9 Å². The lowest BCUT2D eigenvalue weighted by molar-refractivity contribution is 0.979. The van der Waals surface area contributed by atoms with Gasteiger partial charge in [0.2, 0.25) is 0 Å². The Balaban J connectivity index is 1.05. The van der Waals surface area contributed by atoms with Crippen molar-refractivity contribution in [2.24, 2.45) is 0 Å². The first-order valence-electron chi connectivity index (χ1n) is 27.6. The molecule has 0 saturated carbocycles. The number of anilines is 13. The second-order valence-electron chi connectivity index (χ2n) is 20.8. The van der Waals surface area contributed by atoms with Crippen LogP contribution in [-0.4, -0.2) is 14.0 Å². The second-order valence-corrected chi connectivity index (χ2v) is 20.8. The van der Waals surface area contributed by atoms with E-state index in [1.165, 1.54) is 55.6 Å². The van der Waals surface area contributed by atoms with Crippen LogP contribution in [-0.2, 0) is 6.54 Å². The van der Waals surface area contributed by atoms with Crippen LogP contribution < -0.4 is 52.2 Å². The summed E-state index contributed by atoms with van der Waals surface area (Å²) >= 11 is 0. The molecule has 5 nitrogen and oxygen atoms in total. The van der Waals surface area contributed by atoms with Crippen molar-refractivity contribution >= 4 is 115 Å². The fourth-order valence-corrected chi connectivity index (χ4v) is 12.5. The van der Waals surface area contributed by atoms with Crippen LogP contribution in [0, 0.1) is 0 Å². The van der Waals surface area contributed by atoms with E-state index >= 15 is 0 Å². The van der Waals surface area contributed by atoms with Crippen LogP contribution in [0.15, 0.2) is 297 Å². The highest BCUT2D eigenvalue weighted by Crippen LogP contribution is 2.49. The van der Waals surface area contributed by atoms with E-state index in [1.807, 2.05) is 0 Å². The lowest BCUT2D eigenvalue weighted by Gasteiger charge is -2.48. The van der Waals surface area contributed by atoms with Crippen LogP contribution in [0.3, 0.4) is 0 Å². The Morgan fingerprint density at radius 3 is 1.49 bits per heavy atom. The number of para-hydroxylation sites is 6. The molecule has 0 spiro atoms. The van der Waals surface area contributed by atoms with Crippen LogP contribution >= 0.6 is 0 Å². The van der Waals surface area contributed by atoms with Gasteiger partial charge in [0.1, 0.15) is 0 Å². The molecule has 375 valence electrons. The zero-order chi connectivity index (χ0) is 52.9. The number of rotatable bonds is 12. The Kier molecular flexibility index (Phi) is 11.7. The van der Waals surface area contributed by atoms with Gasteiger partial charge in [-0.2, -0.15) is 0 Å². The summed E-state index contributed by atoms with van der Waals surface area (Å²) in [6, 6.07) is 108. The number of nitrogens with one attached hydrogen (secondary N) is 1. The third-order valence-electron chi connectivity index (χ3n) is 16.0. The maximum atomic E-state index is 3.87. The van der Waals surface area contributed by atoms with Crippen molar-refractivity contribution in [3.05, 3.63) is 303 Å². The summed E-state index contributed by atoms with van der Waals surface area (Å²) < 4.78 is 0. The fraction of sp³-hybridized carbons (Fsp3) is 0.0137. The SMILES string of the molecule is [B]1c2ccc(N(c3ccccc3)c3ccccc3)cc2N2c3cc(N(c4ccccc4)c4ccccc4)ccc3B3c4ccc(-c5ccccc5)cc4N(Cc4ccccc4)c4cc(-c5ccccc5Nc5ccccc5)c1c2c43. The van der Waals surface area contributed by atoms with Gasteiger partial charge in [-0.05, 0) is 142 Å². The molecule has 0 atom stereocenters. The molecule has 15 rings (SSSR count). The average Bonchev–Trinajstić information content (AvgIpc) is 3.67. The second kappa shape index (κ2) is 20.0. The molecular formula is C73H52B2N5. The monoisotopic (exact) mass is 1020 g/mol. The van der Waals surface area contributed by atoms with Crippen LogP contribution in [0.25, 0.3) is 22.3 Å². The maximum absolute atomic E-state index is 3.87. The predicted molar refractivity (Wildman–Crippen MR) is 339 cm³/mol. The van der Waals surface area contributed by atoms with Crippen molar-refractivity contribution in [3.8, 4) is 22.3 Å². The van der Waals surface area contributed by atoms with Crippen molar-refractivity contribution in [1.29, 1.82) is 0 Å². The van der Waals surface area contributed by atoms with E-state index < -0.39 is 0 Å². The quantitative estimate of drug-likeness (QED) is 0.123. The molecule has 7 heteroatoms. The van der Waals surface area contributed by atoms with E-state index in [9.17, 15) is 0 Å². The van der Waals surface area contributed by atoms with Crippen molar-refractivity contribution in [1.82, 2.24) is 0 Å². The lowest BCUT2D eigenvalue weighted by atomic mass is 9.32. The van der Waals surface area contributed by atoms with E-state index in [2.05, 4.69) is 329 Å². The molecule has 0 aromatic heterocycles. The molecule has 12 aromatic rings. The first-order valence-corrected chi connectivity index (χ1v) is 27.6. The lowest BCUT2D eigenvalue weighted by Crippen LogP contribution is -2.64. The van der Waals surface area contributed by atoms with Crippen LogP contribution in [0.5, 0.6) is 0 Å². The zero-order valence-electron chi connectivity index (χ0n) is 43.9. The van der Waals surface area contributed by atoms with Gasteiger partial charge in [-0.15, -0.1) is 0 Å². The van der Waals surface area contributed by atoms with Gasteiger partial charge in [0, 0.05) is 86.0 Å². The molecule has 12 aromatic carbocycles.